The van der Waals surface area contributed by atoms with E-state index in [1.165, 1.54) is 0 Å². The van der Waals surface area contributed by atoms with Crippen LogP contribution < -0.4 is 0 Å². The van der Waals surface area contributed by atoms with Gasteiger partial charge in [0.05, 0.1) is 5.56 Å². The Bertz CT molecular complexity index is 680. The summed E-state index contributed by atoms with van der Waals surface area (Å²) < 4.78 is 2.18. The first-order chi connectivity index (χ1) is 11.1. The van der Waals surface area contributed by atoms with Crippen molar-refractivity contribution < 1.29 is 9.90 Å². The number of piperidine rings is 1. The highest BCUT2D eigenvalue weighted by molar-refractivity contribution is 5.87. The molecule has 1 unspecified atom stereocenters. The molecule has 1 aromatic heterocycles. The first-order valence-electron chi connectivity index (χ1n) is 8.17. The van der Waals surface area contributed by atoms with E-state index in [2.05, 4.69) is 20.5 Å². The minimum Gasteiger partial charge on any atom is -0.478 e. The van der Waals surface area contributed by atoms with Crippen LogP contribution in [0.25, 0.3) is 0 Å². The van der Waals surface area contributed by atoms with Crippen LogP contribution in [0.1, 0.15) is 40.5 Å². The number of carboxylic acid groups (broad SMARTS) is 1. The summed E-state index contributed by atoms with van der Waals surface area (Å²) in [5.74, 6) is 0.620. The molecule has 1 fully saturated rings. The van der Waals surface area contributed by atoms with E-state index in [-0.39, 0.29) is 0 Å². The molecule has 0 radical (unpaired) electrons. The molecule has 0 amide bonds. The second kappa shape index (κ2) is 6.96. The fourth-order valence-corrected chi connectivity index (χ4v) is 3.35. The lowest BCUT2D eigenvalue weighted by Crippen LogP contribution is -2.36. The van der Waals surface area contributed by atoms with E-state index in [1.807, 2.05) is 31.5 Å². The van der Waals surface area contributed by atoms with Crippen molar-refractivity contribution in [2.24, 2.45) is 0 Å². The van der Waals surface area contributed by atoms with Crippen molar-refractivity contribution in [3.63, 3.8) is 0 Å². The van der Waals surface area contributed by atoms with E-state index < -0.39 is 5.97 Å². The number of aromatic nitrogens is 2. The minimum atomic E-state index is -0.852. The summed E-state index contributed by atoms with van der Waals surface area (Å²) in [4.78, 5) is 17.9. The molecule has 3 rings (SSSR count). The molecular formula is C18H23N3O2. The first kappa shape index (κ1) is 15.7. The van der Waals surface area contributed by atoms with Crippen molar-refractivity contribution in [2.75, 3.05) is 19.6 Å². The SMILES string of the molecule is Cc1nccn1CCN1CCCC(c2cccc(C(=O)O)c2)C1. The summed E-state index contributed by atoms with van der Waals surface area (Å²) in [7, 11) is 0. The molecule has 0 spiro atoms. The quantitative estimate of drug-likeness (QED) is 0.922. The number of hydrogen-bond acceptors (Lipinski definition) is 3. The van der Waals surface area contributed by atoms with Crippen LogP contribution in [0.3, 0.4) is 0 Å². The largest absolute Gasteiger partial charge is 0.478 e. The molecule has 23 heavy (non-hydrogen) atoms. The zero-order valence-electron chi connectivity index (χ0n) is 13.5. The second-order valence-electron chi connectivity index (χ2n) is 6.24. The number of benzene rings is 1. The van der Waals surface area contributed by atoms with Crippen molar-refractivity contribution in [1.82, 2.24) is 14.5 Å². The summed E-state index contributed by atoms with van der Waals surface area (Å²) >= 11 is 0. The Labute approximate surface area is 136 Å². The summed E-state index contributed by atoms with van der Waals surface area (Å²) in [6.07, 6.45) is 6.15. The monoisotopic (exact) mass is 313 g/mol. The first-order valence-corrected chi connectivity index (χ1v) is 8.17. The van der Waals surface area contributed by atoms with Crippen molar-refractivity contribution in [3.8, 4) is 0 Å². The van der Waals surface area contributed by atoms with Crippen LogP contribution >= 0.6 is 0 Å². The molecule has 2 aromatic rings. The summed E-state index contributed by atoms with van der Waals surface area (Å²) in [6.45, 7) is 6.09. The van der Waals surface area contributed by atoms with E-state index in [0.717, 1.165) is 50.4 Å². The number of aromatic carboxylic acids is 1. The zero-order chi connectivity index (χ0) is 16.2. The van der Waals surface area contributed by atoms with Crippen molar-refractivity contribution >= 4 is 5.97 Å². The lowest BCUT2D eigenvalue weighted by Gasteiger charge is -2.33. The number of imidazole rings is 1. The topological polar surface area (TPSA) is 58.4 Å². The molecule has 1 aromatic carbocycles. The number of likely N-dealkylation sites (tertiary alicyclic amines) is 1. The van der Waals surface area contributed by atoms with Crippen LogP contribution in [-0.2, 0) is 6.54 Å². The van der Waals surface area contributed by atoms with Crippen molar-refractivity contribution in [1.29, 1.82) is 0 Å². The van der Waals surface area contributed by atoms with E-state index in [4.69, 9.17) is 5.11 Å². The Morgan fingerprint density at radius 3 is 3.00 bits per heavy atom. The minimum absolute atomic E-state index is 0.383. The maximum absolute atomic E-state index is 11.1. The van der Waals surface area contributed by atoms with E-state index in [1.54, 1.807) is 6.07 Å². The van der Waals surface area contributed by atoms with Crippen LogP contribution in [-0.4, -0.2) is 45.2 Å². The lowest BCUT2D eigenvalue weighted by molar-refractivity contribution is 0.0696. The second-order valence-corrected chi connectivity index (χ2v) is 6.24. The normalized spacial score (nSPS) is 18.9. The van der Waals surface area contributed by atoms with Crippen LogP contribution in [0.4, 0.5) is 0 Å². The van der Waals surface area contributed by atoms with Gasteiger partial charge in [0.25, 0.3) is 0 Å². The number of nitrogens with zero attached hydrogens (tertiary/aromatic N) is 3. The fourth-order valence-electron chi connectivity index (χ4n) is 3.35. The van der Waals surface area contributed by atoms with Gasteiger partial charge in [0, 0.05) is 32.0 Å². The Balaban J connectivity index is 1.63. The van der Waals surface area contributed by atoms with E-state index in [9.17, 15) is 4.79 Å². The van der Waals surface area contributed by atoms with Gasteiger partial charge in [-0.15, -0.1) is 0 Å². The fraction of sp³-hybridized carbons (Fsp3) is 0.444. The van der Waals surface area contributed by atoms with E-state index >= 15 is 0 Å². The average molecular weight is 313 g/mol. The standard InChI is InChI=1S/C18H23N3O2/c1-14-19-7-9-21(14)11-10-20-8-3-6-17(13-20)15-4-2-5-16(12-15)18(22)23/h2,4-5,7,9,12,17H,3,6,8,10-11,13H2,1H3,(H,22,23). The Morgan fingerprint density at radius 1 is 1.39 bits per heavy atom. The van der Waals surface area contributed by atoms with Gasteiger partial charge < -0.3 is 14.6 Å². The number of aryl methyl sites for hydroxylation is 1. The number of carbonyl (C=O) groups is 1. The molecule has 5 heteroatoms. The lowest BCUT2D eigenvalue weighted by atomic mass is 9.89. The smallest absolute Gasteiger partial charge is 0.335 e. The van der Waals surface area contributed by atoms with Gasteiger partial charge in [-0.25, -0.2) is 9.78 Å². The molecule has 1 aliphatic heterocycles. The Morgan fingerprint density at radius 2 is 2.26 bits per heavy atom. The van der Waals surface area contributed by atoms with Gasteiger partial charge in [-0.05, 0) is 49.9 Å². The third kappa shape index (κ3) is 3.79. The van der Waals surface area contributed by atoms with Gasteiger partial charge in [-0.2, -0.15) is 0 Å². The van der Waals surface area contributed by atoms with Crippen LogP contribution in [0.2, 0.25) is 0 Å². The summed E-state index contributed by atoms with van der Waals surface area (Å²) in [5.41, 5.74) is 1.53. The molecule has 2 heterocycles. The maximum atomic E-state index is 11.1. The van der Waals surface area contributed by atoms with Crippen molar-refractivity contribution in [2.45, 2.75) is 32.2 Å². The molecular weight excluding hydrogens is 290 g/mol. The number of rotatable bonds is 5. The Kier molecular flexibility index (Phi) is 4.76. The van der Waals surface area contributed by atoms with E-state index in [0.29, 0.717) is 11.5 Å². The predicted octanol–water partition coefficient (Wildman–Crippen LogP) is 2.77. The van der Waals surface area contributed by atoms with Gasteiger partial charge in [0.1, 0.15) is 5.82 Å². The average Bonchev–Trinajstić information content (AvgIpc) is 2.98. The third-order valence-corrected chi connectivity index (χ3v) is 4.69. The molecule has 1 aliphatic rings. The van der Waals surface area contributed by atoms with Crippen LogP contribution in [0.15, 0.2) is 36.7 Å². The van der Waals surface area contributed by atoms with Gasteiger partial charge >= 0.3 is 5.97 Å². The highest BCUT2D eigenvalue weighted by Crippen LogP contribution is 2.27. The predicted molar refractivity (Wildman–Crippen MR) is 88.8 cm³/mol. The highest BCUT2D eigenvalue weighted by atomic mass is 16.4. The molecule has 0 saturated carbocycles. The third-order valence-electron chi connectivity index (χ3n) is 4.69. The molecule has 1 atom stereocenters. The van der Waals surface area contributed by atoms with Gasteiger partial charge in [0.15, 0.2) is 0 Å². The summed E-state index contributed by atoms with van der Waals surface area (Å²) in [5, 5.41) is 9.16. The summed E-state index contributed by atoms with van der Waals surface area (Å²) in [6, 6.07) is 7.40. The van der Waals surface area contributed by atoms with Crippen LogP contribution in [0, 0.1) is 6.92 Å². The van der Waals surface area contributed by atoms with Crippen molar-refractivity contribution in [3.05, 3.63) is 53.6 Å². The molecule has 1 saturated heterocycles. The number of carboxylic acids is 1. The maximum Gasteiger partial charge on any atom is 0.335 e. The van der Waals surface area contributed by atoms with Crippen LogP contribution in [0.5, 0.6) is 0 Å². The van der Waals surface area contributed by atoms with Gasteiger partial charge in [0.2, 0.25) is 0 Å². The van der Waals surface area contributed by atoms with Gasteiger partial charge in [-0.3, -0.25) is 0 Å². The Hall–Kier alpha value is -2.14. The molecule has 122 valence electrons. The molecule has 5 nitrogen and oxygen atoms in total. The van der Waals surface area contributed by atoms with Gasteiger partial charge in [-0.1, -0.05) is 12.1 Å². The molecule has 1 N–H and O–H groups in total. The zero-order valence-corrected chi connectivity index (χ0v) is 13.5. The highest BCUT2D eigenvalue weighted by Gasteiger charge is 2.21. The number of hydrogen-bond donors (Lipinski definition) is 1. The molecule has 0 aliphatic carbocycles. The molecule has 0 bridgehead atoms.